The topological polar surface area (TPSA) is 69.7 Å². The molecule has 0 radical (unpaired) electrons. The zero-order valence-electron chi connectivity index (χ0n) is 6.32. The highest BCUT2D eigenvalue weighted by atomic mass is 16.3. The van der Waals surface area contributed by atoms with Gasteiger partial charge in [0.2, 0.25) is 0 Å². The van der Waals surface area contributed by atoms with E-state index >= 15 is 0 Å². The predicted octanol–water partition coefficient (Wildman–Crippen LogP) is -1.77. The fourth-order valence-corrected chi connectivity index (χ4v) is 0.696. The molecule has 4 nitrogen and oxygen atoms in total. The number of aliphatic hydroxyl groups is 2. The van der Waals surface area contributed by atoms with Crippen molar-refractivity contribution in [2.24, 2.45) is 5.73 Å². The summed E-state index contributed by atoms with van der Waals surface area (Å²) in [6.45, 7) is 1.50. The van der Waals surface area contributed by atoms with E-state index in [-0.39, 0.29) is 13.2 Å². The monoisotopic (exact) mass is 148 g/mol. The molecular formula is C6H16N2O2. The average Bonchev–Trinajstić information content (AvgIpc) is 1.88. The van der Waals surface area contributed by atoms with Crippen molar-refractivity contribution in [2.75, 3.05) is 33.3 Å². The first kappa shape index (κ1) is 9.84. The molecule has 0 bridgehead atoms. The number of aliphatic hydroxyl groups excluding tert-OH is 2. The quantitative estimate of drug-likeness (QED) is 0.431. The van der Waals surface area contributed by atoms with Gasteiger partial charge in [-0.05, 0) is 7.05 Å². The van der Waals surface area contributed by atoms with Crippen LogP contribution in [0, 0.1) is 0 Å². The minimum absolute atomic E-state index is 0.119. The van der Waals surface area contributed by atoms with E-state index in [1.54, 1.807) is 0 Å². The Balaban J connectivity index is 3.27. The molecule has 0 saturated carbocycles. The summed E-state index contributed by atoms with van der Waals surface area (Å²) in [5.74, 6) is 0. The van der Waals surface area contributed by atoms with Crippen LogP contribution in [0.25, 0.3) is 0 Å². The maximum Gasteiger partial charge on any atom is 0.0789 e. The Kier molecular flexibility index (Phi) is 5.52. The first-order valence-electron chi connectivity index (χ1n) is 3.38. The molecule has 1 unspecified atom stereocenters. The Hall–Kier alpha value is -0.160. The largest absolute Gasteiger partial charge is 0.395 e. The highest BCUT2D eigenvalue weighted by Gasteiger charge is 2.03. The maximum atomic E-state index is 9.01. The summed E-state index contributed by atoms with van der Waals surface area (Å²) in [5.41, 5.74) is 5.18. The van der Waals surface area contributed by atoms with E-state index in [9.17, 15) is 0 Å². The van der Waals surface area contributed by atoms with Crippen molar-refractivity contribution in [3.63, 3.8) is 0 Å². The fourth-order valence-electron chi connectivity index (χ4n) is 0.696. The molecule has 0 aromatic heterocycles. The molecule has 0 saturated heterocycles. The van der Waals surface area contributed by atoms with Crippen LogP contribution in [-0.2, 0) is 0 Å². The number of likely N-dealkylation sites (N-methyl/N-ethyl adjacent to an activating group) is 1. The summed E-state index contributed by atoms with van der Waals surface area (Å²) in [6, 6.07) is 0. The van der Waals surface area contributed by atoms with E-state index in [0.29, 0.717) is 13.1 Å². The van der Waals surface area contributed by atoms with Crippen molar-refractivity contribution in [2.45, 2.75) is 6.10 Å². The van der Waals surface area contributed by atoms with Crippen molar-refractivity contribution in [3.05, 3.63) is 0 Å². The van der Waals surface area contributed by atoms with Gasteiger partial charge < -0.3 is 20.8 Å². The predicted molar refractivity (Wildman–Crippen MR) is 39.6 cm³/mol. The molecule has 0 rings (SSSR count). The van der Waals surface area contributed by atoms with Crippen LogP contribution < -0.4 is 5.73 Å². The highest BCUT2D eigenvalue weighted by molar-refractivity contribution is 4.60. The first-order chi connectivity index (χ1) is 4.70. The van der Waals surface area contributed by atoms with Gasteiger partial charge >= 0.3 is 0 Å². The maximum absolute atomic E-state index is 9.01. The number of hydrogen-bond acceptors (Lipinski definition) is 4. The second-order valence-corrected chi connectivity index (χ2v) is 2.38. The van der Waals surface area contributed by atoms with Crippen LogP contribution in [-0.4, -0.2) is 54.5 Å². The third-order valence-corrected chi connectivity index (χ3v) is 1.28. The Labute approximate surface area is 61.3 Å². The van der Waals surface area contributed by atoms with Crippen LogP contribution in [0.1, 0.15) is 0 Å². The summed E-state index contributed by atoms with van der Waals surface area (Å²) in [7, 11) is 1.83. The van der Waals surface area contributed by atoms with Gasteiger partial charge in [-0.25, -0.2) is 0 Å². The lowest BCUT2D eigenvalue weighted by molar-refractivity contribution is 0.120. The Morgan fingerprint density at radius 2 is 2.20 bits per heavy atom. The second-order valence-electron chi connectivity index (χ2n) is 2.38. The van der Waals surface area contributed by atoms with E-state index in [2.05, 4.69) is 0 Å². The minimum Gasteiger partial charge on any atom is -0.395 e. The van der Waals surface area contributed by atoms with Gasteiger partial charge in [-0.1, -0.05) is 0 Å². The average molecular weight is 148 g/mol. The number of rotatable bonds is 5. The lowest BCUT2D eigenvalue weighted by Crippen LogP contribution is -2.35. The normalized spacial score (nSPS) is 14.1. The van der Waals surface area contributed by atoms with Crippen molar-refractivity contribution in [3.8, 4) is 0 Å². The van der Waals surface area contributed by atoms with Crippen LogP contribution in [0.2, 0.25) is 0 Å². The van der Waals surface area contributed by atoms with Crippen LogP contribution in [0.15, 0.2) is 0 Å². The van der Waals surface area contributed by atoms with E-state index < -0.39 is 6.10 Å². The zero-order valence-corrected chi connectivity index (χ0v) is 6.32. The van der Waals surface area contributed by atoms with Gasteiger partial charge in [0.15, 0.2) is 0 Å². The smallest absolute Gasteiger partial charge is 0.0789 e. The van der Waals surface area contributed by atoms with Gasteiger partial charge in [0, 0.05) is 19.6 Å². The molecule has 62 valence electrons. The third-order valence-electron chi connectivity index (χ3n) is 1.28. The molecule has 0 spiro atoms. The summed E-state index contributed by atoms with van der Waals surface area (Å²) in [6.07, 6.45) is -0.475. The molecule has 0 aliphatic carbocycles. The van der Waals surface area contributed by atoms with Gasteiger partial charge in [-0.3, -0.25) is 0 Å². The molecule has 1 atom stereocenters. The van der Waals surface area contributed by atoms with Gasteiger partial charge in [-0.2, -0.15) is 0 Å². The molecule has 0 amide bonds. The number of hydrogen-bond donors (Lipinski definition) is 3. The van der Waals surface area contributed by atoms with Gasteiger partial charge in [0.1, 0.15) is 0 Å². The Morgan fingerprint density at radius 3 is 2.60 bits per heavy atom. The van der Waals surface area contributed by atoms with E-state index in [1.165, 1.54) is 0 Å². The molecule has 0 aliphatic rings. The Bertz CT molecular complexity index is 80.1. The molecular weight excluding hydrogens is 132 g/mol. The van der Waals surface area contributed by atoms with E-state index in [0.717, 1.165) is 0 Å². The van der Waals surface area contributed by atoms with E-state index in [1.807, 2.05) is 11.9 Å². The third kappa shape index (κ3) is 4.69. The van der Waals surface area contributed by atoms with Crippen molar-refractivity contribution < 1.29 is 10.2 Å². The van der Waals surface area contributed by atoms with Gasteiger partial charge in [0.05, 0.1) is 12.7 Å². The molecule has 0 aromatic carbocycles. The summed E-state index contributed by atoms with van der Waals surface area (Å²) in [5, 5.41) is 17.5. The molecule has 0 heterocycles. The molecule has 0 aliphatic heterocycles. The Morgan fingerprint density at radius 1 is 1.60 bits per heavy atom. The summed E-state index contributed by atoms with van der Waals surface area (Å²) in [4.78, 5) is 1.83. The summed E-state index contributed by atoms with van der Waals surface area (Å²) < 4.78 is 0. The van der Waals surface area contributed by atoms with Crippen molar-refractivity contribution in [1.29, 1.82) is 0 Å². The first-order valence-corrected chi connectivity index (χ1v) is 3.38. The van der Waals surface area contributed by atoms with Crippen LogP contribution in [0.4, 0.5) is 0 Å². The van der Waals surface area contributed by atoms with Crippen molar-refractivity contribution >= 4 is 0 Å². The van der Waals surface area contributed by atoms with Gasteiger partial charge in [0.25, 0.3) is 0 Å². The van der Waals surface area contributed by atoms with Crippen LogP contribution in [0.5, 0.6) is 0 Å². The lowest BCUT2D eigenvalue weighted by atomic mass is 10.3. The SMILES string of the molecule is CN(CCO)CC(O)CN. The zero-order chi connectivity index (χ0) is 7.98. The molecule has 10 heavy (non-hydrogen) atoms. The molecule has 0 aromatic rings. The molecule has 0 fully saturated rings. The van der Waals surface area contributed by atoms with Crippen LogP contribution >= 0.6 is 0 Å². The molecule has 4 N–H and O–H groups in total. The molecule has 4 heteroatoms. The lowest BCUT2D eigenvalue weighted by Gasteiger charge is -2.17. The van der Waals surface area contributed by atoms with Gasteiger partial charge in [-0.15, -0.1) is 0 Å². The fraction of sp³-hybridized carbons (Fsp3) is 1.00. The number of nitrogens with zero attached hydrogens (tertiary/aromatic N) is 1. The minimum atomic E-state index is -0.475. The van der Waals surface area contributed by atoms with Crippen LogP contribution in [0.3, 0.4) is 0 Å². The standard InChI is InChI=1S/C6H16N2O2/c1-8(2-3-9)5-6(10)4-7/h6,9-10H,2-5,7H2,1H3. The number of nitrogens with two attached hydrogens (primary N) is 1. The van der Waals surface area contributed by atoms with E-state index in [4.69, 9.17) is 15.9 Å². The van der Waals surface area contributed by atoms with Crippen molar-refractivity contribution in [1.82, 2.24) is 4.90 Å². The highest BCUT2D eigenvalue weighted by Crippen LogP contribution is 1.85. The second kappa shape index (κ2) is 5.61. The summed E-state index contributed by atoms with van der Waals surface area (Å²) >= 11 is 0.